The monoisotopic (exact) mass is 553 g/mol. The van der Waals surface area contributed by atoms with Gasteiger partial charge in [0.15, 0.2) is 5.60 Å². The maximum atomic E-state index is 15.1. The standard InChI is InChI=1S/C32H28FN3O5/c1-4-32(40)21-11-25-28-19(13-36(25)30(38)20(21)14-41-31(32)39)27-23(35-29(37)17-7-5-15(2)6-8-17)10-9-18-16(3)22(33)12-24(34-28)26(18)27/h5-8,11-12,23,40H,4,9-10,13-14H2,1-3H3,(H,35,37)/t23-,32-/m0/s1. The van der Waals surface area contributed by atoms with E-state index >= 15 is 4.39 Å². The molecule has 1 aliphatic carbocycles. The number of nitrogens with one attached hydrogen (secondary N) is 1. The van der Waals surface area contributed by atoms with Crippen LogP contribution in [0.4, 0.5) is 4.39 Å². The molecule has 2 N–H and O–H groups in total. The molecule has 41 heavy (non-hydrogen) atoms. The summed E-state index contributed by atoms with van der Waals surface area (Å²) in [4.78, 5) is 44.5. The maximum absolute atomic E-state index is 15.1. The molecule has 208 valence electrons. The van der Waals surface area contributed by atoms with E-state index in [1.54, 1.807) is 36.6 Å². The highest BCUT2D eigenvalue weighted by Gasteiger charge is 2.46. The predicted octanol–water partition coefficient (Wildman–Crippen LogP) is 4.25. The van der Waals surface area contributed by atoms with Crippen LogP contribution in [-0.2, 0) is 34.7 Å². The van der Waals surface area contributed by atoms with Crippen LogP contribution in [0.15, 0.2) is 41.2 Å². The van der Waals surface area contributed by atoms with E-state index < -0.39 is 17.6 Å². The van der Waals surface area contributed by atoms with Gasteiger partial charge in [-0.15, -0.1) is 0 Å². The number of aromatic nitrogens is 2. The Morgan fingerprint density at radius 2 is 1.93 bits per heavy atom. The van der Waals surface area contributed by atoms with Crippen LogP contribution < -0.4 is 10.9 Å². The van der Waals surface area contributed by atoms with Crippen molar-refractivity contribution in [1.29, 1.82) is 0 Å². The van der Waals surface area contributed by atoms with E-state index in [-0.39, 0.29) is 48.0 Å². The number of esters is 1. The first kappa shape index (κ1) is 25.6. The molecule has 3 aliphatic rings. The van der Waals surface area contributed by atoms with Crippen molar-refractivity contribution < 1.29 is 23.8 Å². The summed E-state index contributed by atoms with van der Waals surface area (Å²) in [6, 6.07) is 10.00. The normalized spacial score (nSPS) is 20.3. The van der Waals surface area contributed by atoms with Gasteiger partial charge in [-0.2, -0.15) is 0 Å². The third-order valence-electron chi connectivity index (χ3n) is 9.00. The van der Waals surface area contributed by atoms with E-state index in [0.717, 1.165) is 27.6 Å². The van der Waals surface area contributed by atoms with E-state index in [1.165, 1.54) is 6.07 Å². The SMILES string of the molecule is CC[C@@]1(O)C(=O)OCc2c1cc1n(c2=O)Cc2c-1nc1cc(F)c(C)c3c1c2[C@@H](NC(=O)c1ccc(C)cc1)CC3. The van der Waals surface area contributed by atoms with Crippen LogP contribution in [0.5, 0.6) is 0 Å². The molecular formula is C32H28FN3O5. The number of rotatable bonds is 3. The highest BCUT2D eigenvalue weighted by atomic mass is 19.1. The fourth-order valence-electron chi connectivity index (χ4n) is 6.65. The first-order chi connectivity index (χ1) is 19.6. The summed E-state index contributed by atoms with van der Waals surface area (Å²) in [5.74, 6) is -1.38. The smallest absolute Gasteiger partial charge is 0.343 e. The summed E-state index contributed by atoms with van der Waals surface area (Å²) in [6.07, 6.45) is 1.16. The van der Waals surface area contributed by atoms with Crippen molar-refractivity contribution in [2.45, 2.75) is 64.8 Å². The molecule has 0 unspecified atom stereocenters. The minimum atomic E-state index is -1.95. The zero-order chi connectivity index (χ0) is 28.8. The van der Waals surface area contributed by atoms with Crippen molar-refractivity contribution in [1.82, 2.24) is 14.9 Å². The van der Waals surface area contributed by atoms with E-state index in [4.69, 9.17) is 9.72 Å². The van der Waals surface area contributed by atoms with Crippen LogP contribution in [0.25, 0.3) is 22.3 Å². The van der Waals surface area contributed by atoms with Gasteiger partial charge in [0.25, 0.3) is 11.5 Å². The van der Waals surface area contributed by atoms with Gasteiger partial charge in [0.2, 0.25) is 0 Å². The summed E-state index contributed by atoms with van der Waals surface area (Å²) in [5, 5.41) is 15.2. The van der Waals surface area contributed by atoms with Gasteiger partial charge in [-0.05, 0) is 68.0 Å². The molecule has 8 nitrogen and oxygen atoms in total. The first-order valence-corrected chi connectivity index (χ1v) is 13.8. The number of fused-ring (bicyclic) bond motifs is 5. The van der Waals surface area contributed by atoms with Gasteiger partial charge in [0, 0.05) is 28.1 Å². The number of benzene rings is 2. The summed E-state index contributed by atoms with van der Waals surface area (Å²) in [6.45, 7) is 5.33. The minimum absolute atomic E-state index is 0.0337. The Kier molecular flexibility index (Phi) is 5.50. The number of hydrogen-bond acceptors (Lipinski definition) is 6. The van der Waals surface area contributed by atoms with Crippen LogP contribution in [0, 0.1) is 19.7 Å². The number of amides is 1. The molecule has 0 saturated heterocycles. The number of cyclic esters (lactones) is 1. The highest BCUT2D eigenvalue weighted by Crippen LogP contribution is 2.46. The molecule has 2 aromatic carbocycles. The number of halogens is 1. The lowest BCUT2D eigenvalue weighted by molar-refractivity contribution is -0.172. The molecule has 0 spiro atoms. The molecule has 0 saturated carbocycles. The van der Waals surface area contributed by atoms with Crippen LogP contribution in [-0.4, -0.2) is 26.5 Å². The second-order valence-electron chi connectivity index (χ2n) is 11.2. The lowest BCUT2D eigenvalue weighted by Gasteiger charge is -2.31. The minimum Gasteiger partial charge on any atom is -0.458 e. The van der Waals surface area contributed by atoms with Gasteiger partial charge in [-0.25, -0.2) is 14.2 Å². The molecule has 4 aromatic rings. The Bertz CT molecular complexity index is 1900. The zero-order valence-electron chi connectivity index (χ0n) is 22.9. The number of hydrogen-bond donors (Lipinski definition) is 2. The summed E-state index contributed by atoms with van der Waals surface area (Å²) in [5.41, 5.74) is 4.09. The topological polar surface area (TPSA) is 111 Å². The van der Waals surface area contributed by atoms with Gasteiger partial charge in [0.1, 0.15) is 12.4 Å². The van der Waals surface area contributed by atoms with Gasteiger partial charge in [-0.3, -0.25) is 9.59 Å². The van der Waals surface area contributed by atoms with Crippen LogP contribution in [0.2, 0.25) is 0 Å². The maximum Gasteiger partial charge on any atom is 0.343 e. The number of carbonyl (C=O) groups is 2. The largest absolute Gasteiger partial charge is 0.458 e. The summed E-state index contributed by atoms with van der Waals surface area (Å²) >= 11 is 0. The second-order valence-corrected chi connectivity index (χ2v) is 11.2. The number of aryl methyl sites for hydroxylation is 2. The molecule has 0 fully saturated rings. The van der Waals surface area contributed by atoms with E-state index in [2.05, 4.69) is 5.32 Å². The zero-order valence-corrected chi connectivity index (χ0v) is 22.9. The van der Waals surface area contributed by atoms with Crippen molar-refractivity contribution in [3.63, 3.8) is 0 Å². The summed E-state index contributed by atoms with van der Waals surface area (Å²) in [7, 11) is 0. The van der Waals surface area contributed by atoms with Crippen molar-refractivity contribution in [3.8, 4) is 11.4 Å². The first-order valence-electron chi connectivity index (χ1n) is 13.8. The van der Waals surface area contributed by atoms with Crippen LogP contribution in [0.3, 0.4) is 0 Å². The fourth-order valence-corrected chi connectivity index (χ4v) is 6.65. The third-order valence-corrected chi connectivity index (χ3v) is 9.00. The number of aliphatic hydroxyl groups is 1. The quantitative estimate of drug-likeness (QED) is 0.323. The lowest BCUT2D eigenvalue weighted by atomic mass is 9.81. The van der Waals surface area contributed by atoms with Crippen molar-refractivity contribution in [2.75, 3.05) is 0 Å². The van der Waals surface area contributed by atoms with Crippen LogP contribution in [0.1, 0.15) is 75.1 Å². The Balaban J connectivity index is 1.45. The molecule has 1 amide bonds. The van der Waals surface area contributed by atoms with Crippen molar-refractivity contribution in [3.05, 3.63) is 97.1 Å². The Labute approximate surface area is 234 Å². The Hall–Kier alpha value is -4.37. The molecule has 9 heteroatoms. The molecule has 4 heterocycles. The highest BCUT2D eigenvalue weighted by molar-refractivity contribution is 5.97. The van der Waals surface area contributed by atoms with Crippen molar-refractivity contribution in [2.24, 2.45) is 0 Å². The molecule has 2 aromatic heterocycles. The summed E-state index contributed by atoms with van der Waals surface area (Å²) < 4.78 is 21.8. The number of pyridine rings is 2. The second kappa shape index (κ2) is 8.81. The van der Waals surface area contributed by atoms with Gasteiger partial charge >= 0.3 is 5.97 Å². The predicted molar refractivity (Wildman–Crippen MR) is 149 cm³/mol. The molecular weight excluding hydrogens is 525 g/mol. The van der Waals surface area contributed by atoms with Gasteiger partial charge in [0.05, 0.1) is 35.1 Å². The van der Waals surface area contributed by atoms with E-state index in [1.807, 2.05) is 19.1 Å². The number of ether oxygens (including phenoxy) is 1. The average molecular weight is 554 g/mol. The van der Waals surface area contributed by atoms with Crippen LogP contribution >= 0.6 is 0 Å². The molecule has 0 radical (unpaired) electrons. The van der Waals surface area contributed by atoms with Gasteiger partial charge in [-0.1, -0.05) is 24.6 Å². The van der Waals surface area contributed by atoms with Gasteiger partial charge < -0.3 is 19.7 Å². The average Bonchev–Trinajstić information content (AvgIpc) is 3.33. The molecule has 0 bridgehead atoms. The third kappa shape index (κ3) is 3.54. The van der Waals surface area contributed by atoms with Crippen molar-refractivity contribution >= 4 is 22.8 Å². The molecule has 2 aliphatic heterocycles. The Morgan fingerprint density at radius 3 is 2.66 bits per heavy atom. The van der Waals surface area contributed by atoms with E-state index in [0.29, 0.717) is 40.9 Å². The number of nitrogens with zero attached hydrogens (tertiary/aromatic N) is 2. The fraction of sp³-hybridized carbons (Fsp3) is 0.312. The Morgan fingerprint density at radius 1 is 1.17 bits per heavy atom. The van der Waals surface area contributed by atoms with E-state index in [9.17, 15) is 19.5 Å². The molecule has 7 rings (SSSR count). The molecule has 2 atom stereocenters. The number of carbonyl (C=O) groups excluding carboxylic acids is 2. The lowest BCUT2D eigenvalue weighted by Crippen LogP contribution is -2.44.